The molecule has 0 saturated carbocycles. The minimum absolute atomic E-state index is 0.00686. The van der Waals surface area contributed by atoms with Crippen molar-refractivity contribution < 1.29 is 8.78 Å². The van der Waals surface area contributed by atoms with Crippen LogP contribution < -0.4 is 22.3 Å². The Kier molecular flexibility index (Phi) is 5.53. The van der Waals surface area contributed by atoms with Gasteiger partial charge in [0.2, 0.25) is 5.95 Å². The minimum Gasteiger partial charge on any atom is -0.382 e. The Morgan fingerprint density at radius 2 is 1.85 bits per heavy atom. The molecule has 4 rings (SSSR count). The van der Waals surface area contributed by atoms with Crippen molar-refractivity contribution in [2.75, 3.05) is 16.8 Å². The molecule has 9 nitrogen and oxygen atoms in total. The standard InChI is InChI=1S/C21H15ClF2N8O/c1-9(28-18-13(8-25)17(26)30-21(27)31-18)19-29-15-4-2-3-14(22)16(15)20(33)32(19)12-6-10(23)5-11(24)7-12/h2-7,9H,1H3,(H5,26,27,28,30,31)/t9-/m0/s1. The SMILES string of the molecule is C[C@H](Nc1nc(N)nc(N)c1C#N)c1nc2cccc(Cl)c2c(=O)n1-c1cc(F)cc(F)c1. The molecule has 0 amide bonds. The van der Waals surface area contributed by atoms with Gasteiger partial charge in [-0.25, -0.2) is 13.8 Å². The van der Waals surface area contributed by atoms with Crippen LogP contribution in [-0.2, 0) is 0 Å². The minimum atomic E-state index is -0.883. The molecular formula is C21H15ClF2N8O. The van der Waals surface area contributed by atoms with Crippen molar-refractivity contribution in [3.8, 4) is 11.8 Å². The number of hydrogen-bond donors (Lipinski definition) is 3. The predicted molar refractivity (Wildman–Crippen MR) is 120 cm³/mol. The molecule has 2 aromatic carbocycles. The van der Waals surface area contributed by atoms with Crippen molar-refractivity contribution in [3.05, 3.63) is 74.8 Å². The maximum Gasteiger partial charge on any atom is 0.267 e. The van der Waals surface area contributed by atoms with Crippen molar-refractivity contribution in [3.63, 3.8) is 0 Å². The molecule has 0 radical (unpaired) electrons. The van der Waals surface area contributed by atoms with E-state index in [2.05, 4.69) is 20.3 Å². The number of nitrogens with two attached hydrogens (primary N) is 2. The van der Waals surface area contributed by atoms with Gasteiger partial charge in [0.25, 0.3) is 5.56 Å². The molecule has 0 aliphatic carbocycles. The number of nitrogens with one attached hydrogen (secondary N) is 1. The fourth-order valence-electron chi connectivity index (χ4n) is 3.40. The number of hydrogen-bond acceptors (Lipinski definition) is 8. The molecule has 0 aliphatic rings. The predicted octanol–water partition coefficient (Wildman–Crippen LogP) is 3.32. The van der Waals surface area contributed by atoms with Crippen molar-refractivity contribution >= 4 is 40.1 Å². The van der Waals surface area contributed by atoms with E-state index in [1.54, 1.807) is 19.1 Å². The average molecular weight is 469 g/mol. The van der Waals surface area contributed by atoms with Crippen LogP contribution in [0.2, 0.25) is 5.02 Å². The third kappa shape index (κ3) is 3.99. The second-order valence-electron chi connectivity index (χ2n) is 7.04. The Morgan fingerprint density at radius 3 is 2.52 bits per heavy atom. The number of fused-ring (bicyclic) bond motifs is 1. The molecule has 0 bridgehead atoms. The summed E-state index contributed by atoms with van der Waals surface area (Å²) in [6, 6.07) is 8.45. The molecule has 2 heterocycles. The van der Waals surface area contributed by atoms with Gasteiger partial charge >= 0.3 is 0 Å². The number of nitrogens with zero attached hydrogens (tertiary/aromatic N) is 5. The Morgan fingerprint density at radius 1 is 1.15 bits per heavy atom. The highest BCUT2D eigenvalue weighted by molar-refractivity contribution is 6.35. The van der Waals surface area contributed by atoms with Crippen LogP contribution in [0.4, 0.5) is 26.4 Å². The molecule has 0 aliphatic heterocycles. The zero-order chi connectivity index (χ0) is 23.9. The quantitative estimate of drug-likeness (QED) is 0.413. The summed E-state index contributed by atoms with van der Waals surface area (Å²) in [6.07, 6.45) is 0. The molecule has 4 aromatic rings. The lowest BCUT2D eigenvalue weighted by Crippen LogP contribution is -2.28. The normalized spacial score (nSPS) is 11.8. The van der Waals surface area contributed by atoms with Gasteiger partial charge in [0, 0.05) is 6.07 Å². The molecule has 0 unspecified atom stereocenters. The smallest absolute Gasteiger partial charge is 0.267 e. The van der Waals surface area contributed by atoms with Crippen LogP contribution in [0.25, 0.3) is 16.6 Å². The van der Waals surface area contributed by atoms with Crippen molar-refractivity contribution in [2.24, 2.45) is 0 Å². The van der Waals surface area contributed by atoms with Crippen molar-refractivity contribution in [2.45, 2.75) is 13.0 Å². The van der Waals surface area contributed by atoms with Crippen LogP contribution in [0, 0.1) is 23.0 Å². The Labute approximate surface area is 190 Å². The number of rotatable bonds is 4. The van der Waals surface area contributed by atoms with Crippen LogP contribution >= 0.6 is 11.6 Å². The topological polar surface area (TPSA) is 149 Å². The van der Waals surface area contributed by atoms with Crippen molar-refractivity contribution in [1.82, 2.24) is 19.5 Å². The molecule has 2 aromatic heterocycles. The number of nitrogen functional groups attached to an aromatic ring is 2. The van der Waals surface area contributed by atoms with Gasteiger partial charge in [-0.05, 0) is 31.2 Å². The Hall–Kier alpha value is -4.30. The zero-order valence-corrected chi connectivity index (χ0v) is 17.7. The zero-order valence-electron chi connectivity index (χ0n) is 17.0. The monoisotopic (exact) mass is 468 g/mol. The summed E-state index contributed by atoms with van der Waals surface area (Å²) in [5, 5.41) is 12.6. The van der Waals surface area contributed by atoms with E-state index in [0.717, 1.165) is 16.7 Å². The first-order valence-corrected chi connectivity index (χ1v) is 9.84. The van der Waals surface area contributed by atoms with Gasteiger partial charge in [0.05, 0.1) is 27.7 Å². The van der Waals surface area contributed by atoms with E-state index >= 15 is 0 Å². The lowest BCUT2D eigenvalue weighted by atomic mass is 10.2. The maximum atomic E-state index is 14.0. The van der Waals surface area contributed by atoms with Gasteiger partial charge in [-0.15, -0.1) is 0 Å². The van der Waals surface area contributed by atoms with E-state index in [9.17, 15) is 18.8 Å². The Balaban J connectivity index is 1.97. The molecule has 0 spiro atoms. The van der Waals surface area contributed by atoms with Gasteiger partial charge < -0.3 is 16.8 Å². The fourth-order valence-corrected chi connectivity index (χ4v) is 3.65. The third-order valence-electron chi connectivity index (χ3n) is 4.78. The number of aromatic nitrogens is 4. The molecule has 12 heteroatoms. The van der Waals surface area contributed by atoms with Crippen LogP contribution in [0.5, 0.6) is 0 Å². The molecule has 1 atom stereocenters. The first kappa shape index (κ1) is 21.9. The maximum absolute atomic E-state index is 14.0. The van der Waals surface area contributed by atoms with E-state index in [0.29, 0.717) is 6.07 Å². The van der Waals surface area contributed by atoms with Gasteiger partial charge in [0.1, 0.15) is 34.9 Å². The van der Waals surface area contributed by atoms with Crippen LogP contribution in [0.1, 0.15) is 24.4 Å². The number of benzene rings is 2. The second kappa shape index (κ2) is 8.33. The van der Waals surface area contributed by atoms with Gasteiger partial charge in [-0.1, -0.05) is 17.7 Å². The highest BCUT2D eigenvalue weighted by atomic mass is 35.5. The summed E-state index contributed by atoms with van der Waals surface area (Å²) in [6.45, 7) is 1.61. The summed E-state index contributed by atoms with van der Waals surface area (Å²) < 4.78 is 29.1. The molecular weight excluding hydrogens is 454 g/mol. The van der Waals surface area contributed by atoms with Crippen LogP contribution in [-0.4, -0.2) is 19.5 Å². The molecule has 0 fully saturated rings. The lowest BCUT2D eigenvalue weighted by molar-refractivity contribution is 0.579. The summed E-state index contributed by atoms with van der Waals surface area (Å²) in [5.74, 6) is -2.00. The van der Waals surface area contributed by atoms with E-state index in [4.69, 9.17) is 23.1 Å². The van der Waals surface area contributed by atoms with E-state index in [1.165, 1.54) is 6.07 Å². The molecule has 0 saturated heterocycles. The lowest BCUT2D eigenvalue weighted by Gasteiger charge is -2.21. The number of nitriles is 1. The summed E-state index contributed by atoms with van der Waals surface area (Å²) in [7, 11) is 0. The highest BCUT2D eigenvalue weighted by Crippen LogP contribution is 2.27. The van der Waals surface area contributed by atoms with Crippen LogP contribution in [0.15, 0.2) is 41.2 Å². The largest absolute Gasteiger partial charge is 0.382 e. The van der Waals surface area contributed by atoms with E-state index in [-0.39, 0.29) is 50.6 Å². The third-order valence-corrected chi connectivity index (χ3v) is 5.10. The molecule has 5 N–H and O–H groups in total. The average Bonchev–Trinajstić information content (AvgIpc) is 2.72. The van der Waals surface area contributed by atoms with E-state index < -0.39 is 23.2 Å². The summed E-state index contributed by atoms with van der Waals surface area (Å²) >= 11 is 6.22. The van der Waals surface area contributed by atoms with Gasteiger partial charge in [-0.3, -0.25) is 9.36 Å². The van der Waals surface area contributed by atoms with Gasteiger partial charge in [0.15, 0.2) is 5.82 Å². The van der Waals surface area contributed by atoms with Crippen molar-refractivity contribution in [1.29, 1.82) is 5.26 Å². The first-order chi connectivity index (χ1) is 15.7. The number of anilines is 3. The highest BCUT2D eigenvalue weighted by Gasteiger charge is 2.22. The second-order valence-corrected chi connectivity index (χ2v) is 7.45. The summed E-state index contributed by atoms with van der Waals surface area (Å²) in [4.78, 5) is 25.7. The molecule has 33 heavy (non-hydrogen) atoms. The van der Waals surface area contributed by atoms with Gasteiger partial charge in [-0.2, -0.15) is 15.2 Å². The van der Waals surface area contributed by atoms with E-state index in [1.807, 2.05) is 6.07 Å². The number of halogens is 3. The van der Waals surface area contributed by atoms with Crippen LogP contribution in [0.3, 0.4) is 0 Å². The fraction of sp³-hybridized carbons (Fsp3) is 0.0952. The Bertz CT molecular complexity index is 1500. The molecule has 166 valence electrons. The summed E-state index contributed by atoms with van der Waals surface area (Å²) in [5.41, 5.74) is 10.9. The first-order valence-electron chi connectivity index (χ1n) is 9.47.